The normalized spacial score (nSPS) is 11.0. The number of pyridine rings is 1. The third-order valence-electron chi connectivity index (χ3n) is 4.12. The summed E-state index contributed by atoms with van der Waals surface area (Å²) in [4.78, 5) is 16.9. The van der Waals surface area contributed by atoms with Crippen LogP contribution in [0.1, 0.15) is 9.67 Å². The fourth-order valence-corrected chi connectivity index (χ4v) is 3.98. The van der Waals surface area contributed by atoms with Crippen molar-refractivity contribution in [2.75, 3.05) is 5.73 Å². The van der Waals surface area contributed by atoms with Gasteiger partial charge in [-0.3, -0.25) is 0 Å². The van der Waals surface area contributed by atoms with Crippen LogP contribution in [-0.2, 0) is 0 Å². The van der Waals surface area contributed by atoms with Crippen LogP contribution in [0, 0.1) is 0 Å². The number of carbonyl (C=O) groups is 1. The Kier molecular flexibility index (Phi) is 4.11. The predicted octanol–water partition coefficient (Wildman–Crippen LogP) is 5.56. The number of fused-ring (bicyclic) bond motifs is 1. The Labute approximate surface area is 158 Å². The lowest BCUT2D eigenvalue weighted by Gasteiger charge is -2.09. The molecule has 3 N–H and O–H groups in total. The third kappa shape index (κ3) is 2.81. The molecule has 6 heteroatoms. The van der Waals surface area contributed by atoms with Gasteiger partial charge in [0.05, 0.1) is 11.4 Å². The van der Waals surface area contributed by atoms with Crippen molar-refractivity contribution in [2.45, 2.75) is 0 Å². The Balaban J connectivity index is 2.06. The number of aromatic nitrogens is 1. The van der Waals surface area contributed by atoms with E-state index in [1.807, 2.05) is 48.5 Å². The van der Waals surface area contributed by atoms with Gasteiger partial charge >= 0.3 is 5.97 Å². The minimum absolute atomic E-state index is 0.105. The molecule has 0 aliphatic carbocycles. The van der Waals surface area contributed by atoms with E-state index in [0.29, 0.717) is 15.2 Å². The molecule has 0 saturated heterocycles. The first-order valence-electron chi connectivity index (χ1n) is 7.82. The van der Waals surface area contributed by atoms with Crippen LogP contribution in [0.5, 0.6) is 0 Å². The van der Waals surface area contributed by atoms with Gasteiger partial charge in [-0.25, -0.2) is 9.78 Å². The number of carboxylic acid groups (broad SMARTS) is 1. The monoisotopic (exact) mass is 380 g/mol. The highest BCUT2D eigenvalue weighted by atomic mass is 35.5. The standard InChI is InChI=1S/C20H13ClN2O2S/c21-13-8-6-11(7-9-13)14-10-15(12-4-2-1-3-5-12)23-19-16(14)17(22)18(26-19)20(24)25/h1-10H,22H2,(H,24,25). The van der Waals surface area contributed by atoms with Crippen LogP contribution in [0.4, 0.5) is 5.69 Å². The van der Waals surface area contributed by atoms with E-state index in [4.69, 9.17) is 17.3 Å². The van der Waals surface area contributed by atoms with E-state index in [2.05, 4.69) is 4.98 Å². The molecule has 0 fully saturated rings. The first-order chi connectivity index (χ1) is 12.5. The summed E-state index contributed by atoms with van der Waals surface area (Å²) in [6.07, 6.45) is 0. The van der Waals surface area contributed by atoms with Crippen molar-refractivity contribution in [1.82, 2.24) is 4.98 Å². The third-order valence-corrected chi connectivity index (χ3v) is 5.46. The van der Waals surface area contributed by atoms with Gasteiger partial charge < -0.3 is 10.8 Å². The highest BCUT2D eigenvalue weighted by Crippen LogP contribution is 2.41. The molecule has 0 aliphatic heterocycles. The Morgan fingerprint density at radius 1 is 1.04 bits per heavy atom. The molecule has 2 aromatic heterocycles. The van der Waals surface area contributed by atoms with Crippen LogP contribution in [0.15, 0.2) is 60.7 Å². The summed E-state index contributed by atoms with van der Waals surface area (Å²) < 4.78 is 0. The molecule has 26 heavy (non-hydrogen) atoms. The number of nitrogens with zero attached hydrogens (tertiary/aromatic N) is 1. The molecule has 0 unspecified atom stereocenters. The molecular formula is C20H13ClN2O2S. The zero-order chi connectivity index (χ0) is 18.3. The number of aromatic carboxylic acids is 1. The molecule has 0 aliphatic rings. The van der Waals surface area contributed by atoms with Crippen LogP contribution in [0.2, 0.25) is 5.02 Å². The van der Waals surface area contributed by atoms with E-state index in [1.54, 1.807) is 12.1 Å². The average molecular weight is 381 g/mol. The first kappa shape index (κ1) is 16.6. The summed E-state index contributed by atoms with van der Waals surface area (Å²) in [6.45, 7) is 0. The number of nitrogen functional groups attached to an aromatic ring is 1. The smallest absolute Gasteiger partial charge is 0.348 e. The summed E-state index contributed by atoms with van der Waals surface area (Å²) >= 11 is 7.10. The van der Waals surface area contributed by atoms with Gasteiger partial charge in [-0.05, 0) is 29.3 Å². The molecule has 0 bridgehead atoms. The molecule has 2 aromatic carbocycles. The zero-order valence-corrected chi connectivity index (χ0v) is 15.0. The molecule has 0 radical (unpaired) electrons. The maximum absolute atomic E-state index is 11.5. The van der Waals surface area contributed by atoms with Gasteiger partial charge in [0.25, 0.3) is 0 Å². The van der Waals surface area contributed by atoms with Crippen molar-refractivity contribution in [3.63, 3.8) is 0 Å². The average Bonchev–Trinajstić information content (AvgIpc) is 2.99. The van der Waals surface area contributed by atoms with Gasteiger partial charge in [0.15, 0.2) is 0 Å². The second-order valence-corrected chi connectivity index (χ2v) is 7.19. The van der Waals surface area contributed by atoms with E-state index in [-0.39, 0.29) is 10.6 Å². The molecule has 0 spiro atoms. The Hall–Kier alpha value is -2.89. The summed E-state index contributed by atoms with van der Waals surface area (Å²) in [5.41, 5.74) is 9.87. The largest absolute Gasteiger partial charge is 0.477 e. The number of carboxylic acids is 1. The highest BCUT2D eigenvalue weighted by Gasteiger charge is 2.21. The predicted molar refractivity (Wildman–Crippen MR) is 107 cm³/mol. The molecule has 0 saturated carbocycles. The fraction of sp³-hybridized carbons (Fsp3) is 0. The number of nitrogens with two attached hydrogens (primary N) is 1. The highest BCUT2D eigenvalue weighted by molar-refractivity contribution is 7.21. The molecule has 128 valence electrons. The Bertz CT molecular complexity index is 1120. The first-order valence-corrected chi connectivity index (χ1v) is 9.01. The van der Waals surface area contributed by atoms with E-state index in [1.165, 1.54) is 0 Å². The number of hydrogen-bond donors (Lipinski definition) is 2. The molecule has 0 amide bonds. The van der Waals surface area contributed by atoms with Crippen molar-refractivity contribution in [3.8, 4) is 22.4 Å². The van der Waals surface area contributed by atoms with Crippen molar-refractivity contribution in [2.24, 2.45) is 0 Å². The van der Waals surface area contributed by atoms with Crippen molar-refractivity contribution in [3.05, 3.63) is 70.6 Å². The molecule has 4 nitrogen and oxygen atoms in total. The Morgan fingerprint density at radius 2 is 1.73 bits per heavy atom. The molecule has 4 aromatic rings. The quantitative estimate of drug-likeness (QED) is 0.487. The number of halogens is 1. The molecule has 4 rings (SSSR count). The zero-order valence-electron chi connectivity index (χ0n) is 13.4. The van der Waals surface area contributed by atoms with E-state index >= 15 is 0 Å². The number of benzene rings is 2. The van der Waals surface area contributed by atoms with Crippen LogP contribution < -0.4 is 5.73 Å². The summed E-state index contributed by atoms with van der Waals surface area (Å²) in [6, 6.07) is 19.1. The van der Waals surface area contributed by atoms with Crippen LogP contribution in [0.25, 0.3) is 32.6 Å². The lowest BCUT2D eigenvalue weighted by molar-refractivity contribution is 0.0703. The van der Waals surface area contributed by atoms with Gasteiger partial charge in [-0.2, -0.15) is 0 Å². The van der Waals surface area contributed by atoms with Crippen molar-refractivity contribution < 1.29 is 9.90 Å². The van der Waals surface area contributed by atoms with Gasteiger partial charge in [0.1, 0.15) is 9.71 Å². The molecular weight excluding hydrogens is 368 g/mol. The number of anilines is 1. The van der Waals surface area contributed by atoms with E-state index < -0.39 is 5.97 Å². The second-order valence-electron chi connectivity index (χ2n) is 5.76. The molecule has 2 heterocycles. The Morgan fingerprint density at radius 3 is 2.38 bits per heavy atom. The maximum Gasteiger partial charge on any atom is 0.348 e. The van der Waals surface area contributed by atoms with E-state index in [0.717, 1.165) is 33.7 Å². The van der Waals surface area contributed by atoms with Crippen molar-refractivity contribution in [1.29, 1.82) is 0 Å². The number of rotatable bonds is 3. The van der Waals surface area contributed by atoms with Gasteiger partial charge in [0, 0.05) is 16.0 Å². The van der Waals surface area contributed by atoms with E-state index in [9.17, 15) is 9.90 Å². The minimum Gasteiger partial charge on any atom is -0.477 e. The van der Waals surface area contributed by atoms with Gasteiger partial charge in [-0.15, -0.1) is 11.3 Å². The van der Waals surface area contributed by atoms with Crippen LogP contribution in [-0.4, -0.2) is 16.1 Å². The number of thiophene rings is 1. The van der Waals surface area contributed by atoms with Gasteiger partial charge in [0.2, 0.25) is 0 Å². The fourth-order valence-electron chi connectivity index (χ4n) is 2.89. The van der Waals surface area contributed by atoms with Crippen LogP contribution >= 0.6 is 22.9 Å². The molecule has 0 atom stereocenters. The van der Waals surface area contributed by atoms with Crippen molar-refractivity contribution >= 4 is 44.8 Å². The SMILES string of the molecule is Nc1c(C(=O)O)sc2nc(-c3ccccc3)cc(-c3ccc(Cl)cc3)c12. The lowest BCUT2D eigenvalue weighted by atomic mass is 9.99. The van der Waals surface area contributed by atoms with Gasteiger partial charge in [-0.1, -0.05) is 54.1 Å². The topological polar surface area (TPSA) is 76.2 Å². The summed E-state index contributed by atoms with van der Waals surface area (Å²) in [5.74, 6) is -1.05. The maximum atomic E-state index is 11.5. The number of hydrogen-bond acceptors (Lipinski definition) is 4. The summed E-state index contributed by atoms with van der Waals surface area (Å²) in [7, 11) is 0. The van der Waals surface area contributed by atoms with Crippen LogP contribution in [0.3, 0.4) is 0 Å². The summed E-state index contributed by atoms with van der Waals surface area (Å²) in [5, 5.41) is 10.7. The second kappa shape index (κ2) is 6.44. The lowest BCUT2D eigenvalue weighted by Crippen LogP contribution is -1.97. The minimum atomic E-state index is -1.05.